The summed E-state index contributed by atoms with van der Waals surface area (Å²) in [5.74, 6) is 2.35. The smallest absolute Gasteiger partial charge is 0.693 e. The summed E-state index contributed by atoms with van der Waals surface area (Å²) in [6.45, 7) is 11.8. The van der Waals surface area contributed by atoms with Gasteiger partial charge in [0.2, 0.25) is 0 Å². The Kier molecular flexibility index (Phi) is 17.3. The van der Waals surface area contributed by atoms with Gasteiger partial charge >= 0.3 is 19.5 Å². The largest absolute Gasteiger partial charge is 2.00 e. The van der Waals surface area contributed by atoms with E-state index in [1.54, 1.807) is 0 Å². The Balaban J connectivity index is 0.000000607. The molecule has 0 N–H and O–H groups in total. The van der Waals surface area contributed by atoms with Gasteiger partial charge in [-0.1, -0.05) is 112 Å². The first-order valence-corrected chi connectivity index (χ1v) is 11.9. The Hall–Kier alpha value is -1.99. The minimum Gasteiger partial charge on any atom is -0.693 e. The van der Waals surface area contributed by atoms with Crippen LogP contribution in [0.3, 0.4) is 0 Å². The Labute approximate surface area is 217 Å². The molecule has 1 saturated carbocycles. The molecule has 0 aliphatic heterocycles. The second-order valence-electron chi connectivity index (χ2n) is 7.68. The van der Waals surface area contributed by atoms with Crippen molar-refractivity contribution < 1.29 is 19.5 Å². The van der Waals surface area contributed by atoms with Gasteiger partial charge in [-0.2, -0.15) is 0 Å². The van der Waals surface area contributed by atoms with Gasteiger partial charge in [-0.3, -0.25) is 0 Å². The van der Waals surface area contributed by atoms with Crippen molar-refractivity contribution in [2.45, 2.75) is 20.8 Å². The summed E-state index contributed by atoms with van der Waals surface area (Å²) in [7, 11) is -0.446. The predicted molar refractivity (Wildman–Crippen MR) is 144 cm³/mol. The monoisotopic (exact) mass is 538 g/mol. The first kappa shape index (κ1) is 31.0. The van der Waals surface area contributed by atoms with Gasteiger partial charge < -0.3 is 12.3 Å². The molecule has 0 amide bonds. The van der Waals surface area contributed by atoms with E-state index in [4.69, 9.17) is 6.42 Å². The Bertz CT molecular complexity index is 771. The van der Waals surface area contributed by atoms with E-state index in [0.29, 0.717) is 0 Å². The molecule has 1 fully saturated rings. The van der Waals surface area contributed by atoms with Crippen LogP contribution in [0.5, 0.6) is 0 Å². The number of hydrogen-bond acceptors (Lipinski definition) is 0. The van der Waals surface area contributed by atoms with Crippen molar-refractivity contribution in [1.29, 1.82) is 0 Å². The quantitative estimate of drug-likeness (QED) is 0.112. The van der Waals surface area contributed by atoms with Gasteiger partial charge in [0.05, 0.1) is 0 Å². The molecule has 0 unspecified atom stereocenters. The predicted octanol–water partition coefficient (Wildman–Crippen LogP) is 6.89. The third-order valence-corrected chi connectivity index (χ3v) is 6.42. The molecule has 169 valence electrons. The van der Waals surface area contributed by atoms with Crippen molar-refractivity contribution in [1.82, 2.24) is 0 Å². The zero-order valence-corrected chi connectivity index (χ0v) is 22.4. The van der Waals surface area contributed by atoms with E-state index in [1.165, 1.54) is 15.9 Å². The first-order valence-electron chi connectivity index (χ1n) is 10.6. The second-order valence-corrected chi connectivity index (χ2v) is 9.90. The topological polar surface area (TPSA) is 0 Å². The average Bonchev–Trinajstić information content (AvgIpc) is 3.43. The van der Waals surface area contributed by atoms with E-state index in [9.17, 15) is 0 Å². The normalized spacial score (nSPS) is 11.7. The van der Waals surface area contributed by atoms with Gasteiger partial charge in [-0.05, 0) is 61.4 Å². The Morgan fingerprint density at radius 3 is 0.970 bits per heavy atom. The molecule has 33 heavy (non-hydrogen) atoms. The number of rotatable bonds is 3. The van der Waals surface area contributed by atoms with Crippen molar-refractivity contribution in [2.24, 2.45) is 5.41 Å². The average molecular weight is 538 g/mol. The van der Waals surface area contributed by atoms with Gasteiger partial charge in [-0.15, -0.1) is 13.2 Å². The standard InChI is InChI=1S/C18H15P.C6H9.C5H5.C2H4.Ru/c1-4-10-16(11-5-1)19(17-12-6-2-7-13-17)18-14-8-3-9-15-18;1-5-6(2,3)4;1-2-4-5-3-1;1-2;/h1-15H;2-4H3;1-5H;1-2H2;/q;-1;;;+2. The molecule has 0 atom stereocenters. The van der Waals surface area contributed by atoms with Crippen LogP contribution in [-0.4, -0.2) is 0 Å². The summed E-state index contributed by atoms with van der Waals surface area (Å²) in [6, 6.07) is 32.3. The minimum atomic E-state index is -0.446. The molecular formula is C31H33PRu+. The van der Waals surface area contributed by atoms with E-state index in [1.807, 2.05) is 52.9 Å². The van der Waals surface area contributed by atoms with Crippen LogP contribution in [0.25, 0.3) is 0 Å². The van der Waals surface area contributed by atoms with Crippen molar-refractivity contribution >= 4 is 23.8 Å². The van der Waals surface area contributed by atoms with Crippen molar-refractivity contribution in [3.05, 3.63) is 143 Å². The fourth-order valence-electron chi connectivity index (χ4n) is 2.50. The SMILES string of the molecule is C=C.[C-]#CC(C)(C)C.[CH]1[CH][CH][CH][CH]1.[Ru+2].c1ccc(P(c2ccccc2)c2ccccc2)cc1. The van der Waals surface area contributed by atoms with E-state index >= 15 is 0 Å². The van der Waals surface area contributed by atoms with Gasteiger partial charge in [0, 0.05) is 0 Å². The maximum atomic E-state index is 6.60. The Morgan fingerprint density at radius 2 is 0.788 bits per heavy atom. The second kappa shape index (κ2) is 18.4. The van der Waals surface area contributed by atoms with Crippen LogP contribution in [0.4, 0.5) is 0 Å². The minimum absolute atomic E-state index is 0. The summed E-state index contributed by atoms with van der Waals surface area (Å²) in [4.78, 5) is 0. The van der Waals surface area contributed by atoms with Crippen LogP contribution < -0.4 is 15.9 Å². The maximum absolute atomic E-state index is 6.60. The third-order valence-electron chi connectivity index (χ3n) is 3.97. The molecule has 3 aromatic rings. The molecule has 0 spiro atoms. The van der Waals surface area contributed by atoms with Gasteiger partial charge in [-0.25, -0.2) is 0 Å². The molecule has 0 aromatic heterocycles. The first-order chi connectivity index (χ1) is 15.5. The van der Waals surface area contributed by atoms with Crippen molar-refractivity contribution in [3.63, 3.8) is 0 Å². The zero-order valence-electron chi connectivity index (χ0n) is 19.8. The fourth-order valence-corrected chi connectivity index (χ4v) is 4.80. The van der Waals surface area contributed by atoms with E-state index in [2.05, 4.69) is 110 Å². The van der Waals surface area contributed by atoms with Crippen LogP contribution in [0.15, 0.2) is 104 Å². The zero-order chi connectivity index (χ0) is 23.7. The fraction of sp³-hybridized carbons (Fsp3) is 0.129. The van der Waals surface area contributed by atoms with Gasteiger partial charge in [0.15, 0.2) is 0 Å². The molecule has 4 rings (SSSR count). The van der Waals surface area contributed by atoms with E-state index in [0.717, 1.165) is 0 Å². The van der Waals surface area contributed by atoms with E-state index < -0.39 is 7.92 Å². The summed E-state index contributed by atoms with van der Waals surface area (Å²) >= 11 is 0. The van der Waals surface area contributed by atoms with Crippen LogP contribution >= 0.6 is 7.92 Å². The Morgan fingerprint density at radius 1 is 0.576 bits per heavy atom. The van der Waals surface area contributed by atoms with Gasteiger partial charge in [0.25, 0.3) is 0 Å². The van der Waals surface area contributed by atoms with Crippen LogP contribution in [0.1, 0.15) is 20.8 Å². The molecule has 0 nitrogen and oxygen atoms in total. The summed E-state index contributed by atoms with van der Waals surface area (Å²) in [5.41, 5.74) is -0.0417. The third kappa shape index (κ3) is 13.3. The molecule has 2 heteroatoms. The van der Waals surface area contributed by atoms with Crippen LogP contribution in [0, 0.1) is 49.9 Å². The molecule has 1 aliphatic rings. The molecule has 3 aromatic carbocycles. The summed E-state index contributed by atoms with van der Waals surface area (Å²) in [6.07, 6.45) is 16.6. The number of benzene rings is 3. The molecule has 0 saturated heterocycles. The molecule has 0 heterocycles. The molecule has 1 aliphatic carbocycles. The van der Waals surface area contributed by atoms with Crippen LogP contribution in [0.2, 0.25) is 0 Å². The molecular weight excluding hydrogens is 504 g/mol. The number of hydrogen-bond donors (Lipinski definition) is 0. The summed E-state index contributed by atoms with van der Waals surface area (Å²) in [5, 5.41) is 4.19. The molecule has 0 bridgehead atoms. The van der Waals surface area contributed by atoms with Gasteiger partial charge in [0.1, 0.15) is 0 Å². The van der Waals surface area contributed by atoms with E-state index in [-0.39, 0.29) is 24.9 Å². The molecule has 5 radical (unpaired) electrons. The summed E-state index contributed by atoms with van der Waals surface area (Å²) < 4.78 is 0. The maximum Gasteiger partial charge on any atom is 2.00 e. The van der Waals surface area contributed by atoms with Crippen molar-refractivity contribution in [2.75, 3.05) is 0 Å². The van der Waals surface area contributed by atoms with Crippen molar-refractivity contribution in [3.8, 4) is 5.92 Å². The van der Waals surface area contributed by atoms with Crippen LogP contribution in [-0.2, 0) is 19.5 Å².